The van der Waals surface area contributed by atoms with E-state index in [1.54, 1.807) is 12.3 Å². The third kappa shape index (κ3) is 5.00. The molecule has 0 aromatic heterocycles. The van der Waals surface area contributed by atoms with Crippen molar-refractivity contribution < 1.29 is 14.3 Å². The maximum Gasteiger partial charge on any atom is 0.146 e. The summed E-state index contributed by atoms with van der Waals surface area (Å²) in [5.74, 6) is 2.04. The number of hydrogen-bond donors (Lipinski definition) is 0. The highest BCUT2D eigenvalue weighted by Gasteiger charge is 2.02. The molecule has 5 heteroatoms. The van der Waals surface area contributed by atoms with Crippen LogP contribution in [0.2, 0.25) is 5.02 Å². The molecule has 0 aliphatic heterocycles. The summed E-state index contributed by atoms with van der Waals surface area (Å²) in [6, 6.07) is 14.6. The Balaban J connectivity index is 1.89. The fourth-order valence-electron chi connectivity index (χ4n) is 1.55. The molecule has 0 fully saturated rings. The van der Waals surface area contributed by atoms with Crippen molar-refractivity contribution in [2.24, 2.45) is 5.16 Å². The van der Waals surface area contributed by atoms with Crippen molar-refractivity contribution in [3.05, 3.63) is 53.6 Å². The van der Waals surface area contributed by atoms with Crippen molar-refractivity contribution >= 4 is 17.8 Å². The molecule has 4 nitrogen and oxygen atoms in total. The molecule has 0 aliphatic rings. The second kappa shape index (κ2) is 8.17. The smallest absolute Gasteiger partial charge is 0.146 e. The van der Waals surface area contributed by atoms with Crippen LogP contribution < -0.4 is 9.47 Å². The molecule has 0 spiro atoms. The molecule has 0 radical (unpaired) electrons. The first-order valence-corrected chi connectivity index (χ1v) is 6.96. The van der Waals surface area contributed by atoms with E-state index in [1.165, 1.54) is 0 Å². The van der Waals surface area contributed by atoms with Crippen LogP contribution in [0.4, 0.5) is 0 Å². The van der Waals surface area contributed by atoms with E-state index >= 15 is 0 Å². The van der Waals surface area contributed by atoms with Gasteiger partial charge in [-0.2, -0.15) is 0 Å². The van der Waals surface area contributed by atoms with Gasteiger partial charge in [0.05, 0.1) is 11.2 Å². The minimum absolute atomic E-state index is 0.352. The van der Waals surface area contributed by atoms with Crippen LogP contribution in [-0.4, -0.2) is 19.4 Å². The summed E-state index contributed by atoms with van der Waals surface area (Å²) in [5, 5.41) is 4.27. The maximum atomic E-state index is 6.04. The van der Waals surface area contributed by atoms with Crippen LogP contribution in [0.15, 0.2) is 53.7 Å². The van der Waals surface area contributed by atoms with Gasteiger partial charge in [0, 0.05) is 0 Å². The standard InChI is InChI=1S/C16H16ClNO3/c1-2-20-18-11-12-19-13-7-9-14(10-8-13)21-16-6-4-3-5-15(16)17/h3-11H,2,12H2,1H3/b18-11+. The molecule has 0 unspecified atom stereocenters. The topological polar surface area (TPSA) is 40.0 Å². The van der Waals surface area contributed by atoms with Crippen molar-refractivity contribution in [3.8, 4) is 17.2 Å². The Hall–Kier alpha value is -2.20. The molecule has 21 heavy (non-hydrogen) atoms. The Kier molecular flexibility index (Phi) is 5.91. The van der Waals surface area contributed by atoms with Crippen LogP contribution in [0.1, 0.15) is 6.92 Å². The largest absolute Gasteiger partial charge is 0.488 e. The van der Waals surface area contributed by atoms with Gasteiger partial charge in [-0.1, -0.05) is 28.9 Å². The summed E-state index contributed by atoms with van der Waals surface area (Å²) in [6.45, 7) is 2.77. The predicted molar refractivity (Wildman–Crippen MR) is 83.6 cm³/mol. The quantitative estimate of drug-likeness (QED) is 0.557. The second-order valence-corrected chi connectivity index (χ2v) is 4.43. The summed E-state index contributed by atoms with van der Waals surface area (Å²) in [5.41, 5.74) is 0. The fraction of sp³-hybridized carbons (Fsp3) is 0.188. The van der Waals surface area contributed by atoms with E-state index in [4.69, 9.17) is 25.9 Å². The van der Waals surface area contributed by atoms with Crippen molar-refractivity contribution in [2.75, 3.05) is 13.2 Å². The van der Waals surface area contributed by atoms with E-state index in [1.807, 2.05) is 49.4 Å². The molecule has 0 aliphatic carbocycles. The lowest BCUT2D eigenvalue weighted by molar-refractivity contribution is 0.158. The first-order valence-electron chi connectivity index (χ1n) is 6.58. The molecule has 0 bridgehead atoms. The Morgan fingerprint density at radius 1 is 1.05 bits per heavy atom. The van der Waals surface area contributed by atoms with Gasteiger partial charge in [-0.05, 0) is 43.3 Å². The van der Waals surface area contributed by atoms with Gasteiger partial charge in [-0.3, -0.25) is 0 Å². The summed E-state index contributed by atoms with van der Waals surface area (Å²) in [6.07, 6.45) is 1.57. The van der Waals surface area contributed by atoms with Gasteiger partial charge < -0.3 is 14.3 Å². The number of para-hydroxylation sites is 1. The van der Waals surface area contributed by atoms with Gasteiger partial charge in [0.25, 0.3) is 0 Å². The number of oxime groups is 1. The van der Waals surface area contributed by atoms with E-state index in [0.717, 1.165) is 5.75 Å². The van der Waals surface area contributed by atoms with Crippen molar-refractivity contribution in [1.82, 2.24) is 0 Å². The Morgan fingerprint density at radius 2 is 1.76 bits per heavy atom. The minimum atomic E-state index is 0.352. The van der Waals surface area contributed by atoms with Crippen LogP contribution in [0.25, 0.3) is 0 Å². The molecule has 2 rings (SSSR count). The Bertz CT molecular complexity index is 584. The van der Waals surface area contributed by atoms with E-state index in [9.17, 15) is 0 Å². The van der Waals surface area contributed by atoms with E-state index in [0.29, 0.717) is 29.7 Å². The van der Waals surface area contributed by atoms with E-state index in [2.05, 4.69) is 5.16 Å². The van der Waals surface area contributed by atoms with Crippen LogP contribution in [0, 0.1) is 0 Å². The molecule has 0 saturated carbocycles. The average molecular weight is 306 g/mol. The van der Waals surface area contributed by atoms with Crippen LogP contribution in [0.3, 0.4) is 0 Å². The molecule has 110 valence electrons. The maximum absolute atomic E-state index is 6.04. The Labute approximate surface area is 128 Å². The molecule has 0 amide bonds. The highest BCUT2D eigenvalue weighted by Crippen LogP contribution is 2.29. The monoisotopic (exact) mass is 305 g/mol. The molecule has 0 heterocycles. The fourth-order valence-corrected chi connectivity index (χ4v) is 1.72. The summed E-state index contributed by atoms with van der Waals surface area (Å²) in [7, 11) is 0. The molecule has 0 atom stereocenters. The third-order valence-corrected chi connectivity index (χ3v) is 2.80. The van der Waals surface area contributed by atoms with Gasteiger partial charge in [0.15, 0.2) is 0 Å². The average Bonchev–Trinajstić information content (AvgIpc) is 2.51. The van der Waals surface area contributed by atoms with Gasteiger partial charge in [-0.25, -0.2) is 0 Å². The number of hydrogen-bond acceptors (Lipinski definition) is 4. The van der Waals surface area contributed by atoms with E-state index in [-0.39, 0.29) is 0 Å². The zero-order valence-electron chi connectivity index (χ0n) is 11.7. The number of ether oxygens (including phenoxy) is 2. The first kappa shape index (κ1) is 15.2. The van der Waals surface area contributed by atoms with Gasteiger partial charge in [0.2, 0.25) is 0 Å². The highest BCUT2D eigenvalue weighted by atomic mass is 35.5. The lowest BCUT2D eigenvalue weighted by Gasteiger charge is -2.08. The SMILES string of the molecule is CCO/N=C/COc1ccc(Oc2ccccc2Cl)cc1. The second-order valence-electron chi connectivity index (χ2n) is 4.02. The van der Waals surface area contributed by atoms with Crippen molar-refractivity contribution in [2.45, 2.75) is 6.92 Å². The minimum Gasteiger partial charge on any atom is -0.488 e. The predicted octanol–water partition coefficient (Wildman–Crippen LogP) is 4.53. The lowest BCUT2D eigenvalue weighted by Crippen LogP contribution is -1.98. The van der Waals surface area contributed by atoms with E-state index < -0.39 is 0 Å². The zero-order valence-corrected chi connectivity index (χ0v) is 12.4. The number of benzene rings is 2. The molecule has 2 aromatic rings. The van der Waals surface area contributed by atoms with Crippen LogP contribution >= 0.6 is 11.6 Å². The molecule has 2 aromatic carbocycles. The molecular formula is C16H16ClNO3. The zero-order chi connectivity index (χ0) is 14.9. The van der Waals surface area contributed by atoms with Crippen LogP contribution in [-0.2, 0) is 4.84 Å². The number of nitrogens with zero attached hydrogens (tertiary/aromatic N) is 1. The van der Waals surface area contributed by atoms with Gasteiger partial charge in [0.1, 0.15) is 30.5 Å². The van der Waals surface area contributed by atoms with Gasteiger partial charge in [-0.15, -0.1) is 0 Å². The number of rotatable bonds is 7. The molecule has 0 N–H and O–H groups in total. The number of halogens is 1. The summed E-state index contributed by atoms with van der Waals surface area (Å²) < 4.78 is 11.2. The summed E-state index contributed by atoms with van der Waals surface area (Å²) >= 11 is 6.04. The molecular weight excluding hydrogens is 290 g/mol. The van der Waals surface area contributed by atoms with Crippen LogP contribution in [0.5, 0.6) is 17.2 Å². The normalized spacial score (nSPS) is 10.6. The van der Waals surface area contributed by atoms with Crippen molar-refractivity contribution in [3.63, 3.8) is 0 Å². The first-order chi connectivity index (χ1) is 10.3. The molecule has 0 saturated heterocycles. The van der Waals surface area contributed by atoms with Crippen molar-refractivity contribution in [1.29, 1.82) is 0 Å². The Morgan fingerprint density at radius 3 is 2.48 bits per heavy atom. The van der Waals surface area contributed by atoms with Gasteiger partial charge >= 0.3 is 0 Å². The third-order valence-electron chi connectivity index (χ3n) is 2.49. The summed E-state index contributed by atoms with van der Waals surface area (Å²) in [4.78, 5) is 4.83. The lowest BCUT2D eigenvalue weighted by atomic mass is 10.3. The highest BCUT2D eigenvalue weighted by molar-refractivity contribution is 6.32.